The van der Waals surface area contributed by atoms with E-state index >= 15 is 0 Å². The predicted octanol–water partition coefficient (Wildman–Crippen LogP) is 2.07. The van der Waals surface area contributed by atoms with Crippen LogP contribution in [0.25, 0.3) is 0 Å². The van der Waals surface area contributed by atoms with Crippen molar-refractivity contribution in [2.45, 2.75) is 26.8 Å². The Balaban J connectivity index is 2.30. The molecule has 0 saturated carbocycles. The summed E-state index contributed by atoms with van der Waals surface area (Å²) in [7, 11) is 0. The fourth-order valence-corrected chi connectivity index (χ4v) is 1.65. The van der Waals surface area contributed by atoms with Crippen molar-refractivity contribution in [3.63, 3.8) is 0 Å². The standard InChI is InChI=1S/C13H21F2N3/c1-3-18(7-6-16-9-13(14)15)10-12-5-4-11(2)17-8-12/h4-5,8,13,16H,3,6-7,9-10H2,1-2H3. The molecule has 0 unspecified atom stereocenters. The van der Waals surface area contributed by atoms with E-state index in [9.17, 15) is 8.78 Å². The Morgan fingerprint density at radius 1 is 1.39 bits per heavy atom. The average molecular weight is 257 g/mol. The summed E-state index contributed by atoms with van der Waals surface area (Å²) in [5.41, 5.74) is 2.15. The van der Waals surface area contributed by atoms with E-state index in [0.29, 0.717) is 6.54 Å². The summed E-state index contributed by atoms with van der Waals surface area (Å²) < 4.78 is 23.9. The summed E-state index contributed by atoms with van der Waals surface area (Å²) in [5.74, 6) is 0. The highest BCUT2D eigenvalue weighted by Gasteiger charge is 2.05. The molecule has 1 aromatic rings. The number of nitrogens with one attached hydrogen (secondary N) is 1. The van der Waals surface area contributed by atoms with Crippen LogP contribution in [0.15, 0.2) is 18.3 Å². The van der Waals surface area contributed by atoms with E-state index < -0.39 is 6.43 Å². The molecule has 0 aliphatic rings. The third-order valence-corrected chi connectivity index (χ3v) is 2.73. The van der Waals surface area contributed by atoms with Gasteiger partial charge in [-0.3, -0.25) is 9.88 Å². The van der Waals surface area contributed by atoms with Crippen LogP contribution >= 0.6 is 0 Å². The van der Waals surface area contributed by atoms with Gasteiger partial charge in [-0.25, -0.2) is 8.78 Å². The Kier molecular flexibility index (Phi) is 6.75. The second-order valence-corrected chi connectivity index (χ2v) is 4.27. The van der Waals surface area contributed by atoms with Gasteiger partial charge in [0.2, 0.25) is 0 Å². The van der Waals surface area contributed by atoms with Crippen LogP contribution < -0.4 is 5.32 Å². The van der Waals surface area contributed by atoms with Gasteiger partial charge in [0.15, 0.2) is 0 Å². The van der Waals surface area contributed by atoms with Crippen LogP contribution in [0.1, 0.15) is 18.2 Å². The molecule has 1 rings (SSSR count). The lowest BCUT2D eigenvalue weighted by atomic mass is 10.2. The van der Waals surface area contributed by atoms with Gasteiger partial charge in [0.1, 0.15) is 0 Å². The van der Waals surface area contributed by atoms with E-state index in [1.165, 1.54) is 0 Å². The SMILES string of the molecule is CCN(CCNCC(F)F)Cc1ccc(C)nc1. The first kappa shape index (κ1) is 15.0. The molecule has 0 aliphatic carbocycles. The van der Waals surface area contributed by atoms with Crippen LogP contribution in [0.3, 0.4) is 0 Å². The van der Waals surface area contributed by atoms with Crippen molar-refractivity contribution in [3.8, 4) is 0 Å². The highest BCUT2D eigenvalue weighted by atomic mass is 19.3. The minimum atomic E-state index is -2.28. The van der Waals surface area contributed by atoms with Gasteiger partial charge in [0.25, 0.3) is 6.43 Å². The van der Waals surface area contributed by atoms with Gasteiger partial charge in [0, 0.05) is 31.5 Å². The molecule has 0 radical (unpaired) electrons. The highest BCUT2D eigenvalue weighted by Crippen LogP contribution is 2.03. The number of aryl methyl sites for hydroxylation is 1. The van der Waals surface area contributed by atoms with Gasteiger partial charge in [-0.1, -0.05) is 13.0 Å². The van der Waals surface area contributed by atoms with Crippen LogP contribution in [0.4, 0.5) is 8.78 Å². The molecule has 0 bridgehead atoms. The molecule has 1 aromatic heterocycles. The zero-order chi connectivity index (χ0) is 13.4. The summed E-state index contributed by atoms with van der Waals surface area (Å²) in [6.45, 7) is 6.83. The zero-order valence-electron chi connectivity index (χ0n) is 11.0. The molecule has 1 heterocycles. The summed E-state index contributed by atoms with van der Waals surface area (Å²) >= 11 is 0. The topological polar surface area (TPSA) is 28.2 Å². The number of aromatic nitrogens is 1. The Hall–Kier alpha value is -1.07. The van der Waals surface area contributed by atoms with E-state index in [1.54, 1.807) is 0 Å². The molecule has 102 valence electrons. The van der Waals surface area contributed by atoms with Crippen molar-refractivity contribution >= 4 is 0 Å². The third-order valence-electron chi connectivity index (χ3n) is 2.73. The number of nitrogens with zero attached hydrogens (tertiary/aromatic N) is 2. The van der Waals surface area contributed by atoms with Gasteiger partial charge in [0.05, 0.1) is 6.54 Å². The number of alkyl halides is 2. The highest BCUT2D eigenvalue weighted by molar-refractivity contribution is 5.12. The van der Waals surface area contributed by atoms with E-state index in [-0.39, 0.29) is 6.54 Å². The first-order valence-electron chi connectivity index (χ1n) is 6.24. The van der Waals surface area contributed by atoms with Gasteiger partial charge in [-0.15, -0.1) is 0 Å². The van der Waals surface area contributed by atoms with Crippen LogP contribution in [-0.4, -0.2) is 42.5 Å². The molecule has 0 aliphatic heterocycles. The van der Waals surface area contributed by atoms with Crippen molar-refractivity contribution in [1.82, 2.24) is 15.2 Å². The summed E-state index contributed by atoms with van der Waals surface area (Å²) in [5, 5.41) is 2.74. The van der Waals surface area contributed by atoms with Gasteiger partial charge < -0.3 is 5.32 Å². The minimum absolute atomic E-state index is 0.232. The lowest BCUT2D eigenvalue weighted by molar-refractivity contribution is 0.144. The molecular weight excluding hydrogens is 236 g/mol. The Morgan fingerprint density at radius 2 is 2.17 bits per heavy atom. The molecule has 1 N–H and O–H groups in total. The molecule has 18 heavy (non-hydrogen) atoms. The molecule has 0 aromatic carbocycles. The Bertz CT molecular complexity index is 328. The number of hydrogen-bond donors (Lipinski definition) is 1. The second-order valence-electron chi connectivity index (χ2n) is 4.27. The molecule has 0 saturated heterocycles. The lowest BCUT2D eigenvalue weighted by Crippen LogP contribution is -2.33. The normalized spacial score (nSPS) is 11.4. The third kappa shape index (κ3) is 6.02. The molecule has 0 atom stereocenters. The molecule has 0 amide bonds. The summed E-state index contributed by atoms with van der Waals surface area (Å²) in [4.78, 5) is 6.44. The largest absolute Gasteiger partial charge is 0.310 e. The number of rotatable bonds is 8. The maximum absolute atomic E-state index is 11.9. The van der Waals surface area contributed by atoms with Gasteiger partial charge in [-0.2, -0.15) is 0 Å². The van der Waals surface area contributed by atoms with E-state index in [0.717, 1.165) is 30.9 Å². The number of pyridine rings is 1. The monoisotopic (exact) mass is 257 g/mol. The fraction of sp³-hybridized carbons (Fsp3) is 0.615. The summed E-state index contributed by atoms with van der Waals surface area (Å²) in [6.07, 6.45) is -0.411. The fourth-order valence-electron chi connectivity index (χ4n) is 1.65. The average Bonchev–Trinajstić information content (AvgIpc) is 2.35. The van der Waals surface area contributed by atoms with Crippen molar-refractivity contribution in [2.24, 2.45) is 0 Å². The molecule has 3 nitrogen and oxygen atoms in total. The maximum Gasteiger partial charge on any atom is 0.250 e. The minimum Gasteiger partial charge on any atom is -0.310 e. The molecule has 0 fully saturated rings. The Labute approximate surface area is 107 Å². The zero-order valence-corrected chi connectivity index (χ0v) is 11.0. The smallest absolute Gasteiger partial charge is 0.250 e. The van der Waals surface area contributed by atoms with E-state index in [4.69, 9.17) is 0 Å². The predicted molar refractivity (Wildman–Crippen MR) is 68.8 cm³/mol. The molecule has 0 spiro atoms. The van der Waals surface area contributed by atoms with Gasteiger partial charge >= 0.3 is 0 Å². The maximum atomic E-state index is 11.9. The van der Waals surface area contributed by atoms with Gasteiger partial charge in [-0.05, 0) is 25.1 Å². The van der Waals surface area contributed by atoms with Crippen molar-refractivity contribution in [3.05, 3.63) is 29.6 Å². The van der Waals surface area contributed by atoms with Crippen LogP contribution in [0.5, 0.6) is 0 Å². The first-order valence-corrected chi connectivity index (χ1v) is 6.24. The summed E-state index contributed by atoms with van der Waals surface area (Å²) in [6, 6.07) is 4.04. The van der Waals surface area contributed by atoms with Crippen molar-refractivity contribution in [1.29, 1.82) is 0 Å². The molecular formula is C13H21F2N3. The van der Waals surface area contributed by atoms with Crippen molar-refractivity contribution < 1.29 is 8.78 Å². The van der Waals surface area contributed by atoms with Crippen LogP contribution in [0.2, 0.25) is 0 Å². The lowest BCUT2D eigenvalue weighted by Gasteiger charge is -2.20. The van der Waals surface area contributed by atoms with E-state index in [1.807, 2.05) is 19.2 Å². The van der Waals surface area contributed by atoms with Crippen LogP contribution in [0, 0.1) is 6.92 Å². The molecule has 5 heteroatoms. The Morgan fingerprint density at radius 3 is 2.72 bits per heavy atom. The van der Waals surface area contributed by atoms with E-state index in [2.05, 4.69) is 28.2 Å². The number of halogens is 2. The first-order chi connectivity index (χ1) is 8.61. The van der Waals surface area contributed by atoms with Crippen LogP contribution in [-0.2, 0) is 6.54 Å². The van der Waals surface area contributed by atoms with Crippen molar-refractivity contribution in [2.75, 3.05) is 26.2 Å². The number of hydrogen-bond acceptors (Lipinski definition) is 3. The number of likely N-dealkylation sites (N-methyl/N-ethyl adjacent to an activating group) is 1. The quantitative estimate of drug-likeness (QED) is 0.723. The second kappa shape index (κ2) is 8.11.